The molecule has 3 nitrogen and oxygen atoms in total. The van der Waals surface area contributed by atoms with Crippen molar-refractivity contribution in [1.29, 1.82) is 0 Å². The smallest absolute Gasteiger partial charge is 0.251 e. The molecule has 0 aliphatic heterocycles. The molecule has 0 fully saturated rings. The summed E-state index contributed by atoms with van der Waals surface area (Å²) in [4.78, 5) is 17.7. The van der Waals surface area contributed by atoms with E-state index in [1.165, 1.54) is 24.4 Å². The Balaban J connectivity index is 2.59. The Kier molecular flexibility index (Phi) is 2.33. The molecule has 0 amide bonds. The van der Waals surface area contributed by atoms with Crippen LogP contribution in [0.3, 0.4) is 0 Å². The Bertz CT molecular complexity index is 548. The minimum absolute atomic E-state index is 0.219. The van der Waals surface area contributed by atoms with E-state index >= 15 is 0 Å². The van der Waals surface area contributed by atoms with Crippen molar-refractivity contribution in [2.45, 2.75) is 6.92 Å². The summed E-state index contributed by atoms with van der Waals surface area (Å²) in [5.74, 6) is 0.162. The highest BCUT2D eigenvalue weighted by molar-refractivity contribution is 5.59. The second-order valence-electron chi connectivity index (χ2n) is 3.24. The first-order chi connectivity index (χ1) is 7.16. The molecule has 76 valence electrons. The summed E-state index contributed by atoms with van der Waals surface area (Å²) in [6, 6.07) is 5.68. The number of aryl methyl sites for hydroxylation is 1. The molecule has 2 rings (SSSR count). The molecule has 0 bridgehead atoms. The predicted octanol–water partition coefficient (Wildman–Crippen LogP) is 1.88. The number of nitrogens with zero attached hydrogens (tertiary/aromatic N) is 1. The molecule has 2 aromatic rings. The lowest BCUT2D eigenvalue weighted by Gasteiger charge is -2.03. The Morgan fingerprint density at radius 2 is 2.13 bits per heavy atom. The molecular formula is C11H9FN2O. The van der Waals surface area contributed by atoms with Crippen LogP contribution in [0.15, 0.2) is 35.3 Å². The van der Waals surface area contributed by atoms with E-state index in [-0.39, 0.29) is 11.4 Å². The second kappa shape index (κ2) is 3.65. The van der Waals surface area contributed by atoms with E-state index in [2.05, 4.69) is 9.97 Å². The topological polar surface area (TPSA) is 45.8 Å². The van der Waals surface area contributed by atoms with Gasteiger partial charge in [-0.15, -0.1) is 0 Å². The van der Waals surface area contributed by atoms with Gasteiger partial charge in [-0.25, -0.2) is 9.37 Å². The fraction of sp³-hybridized carbons (Fsp3) is 0.0909. The van der Waals surface area contributed by atoms with Gasteiger partial charge in [-0.05, 0) is 30.7 Å². The van der Waals surface area contributed by atoms with Crippen LogP contribution in [0.4, 0.5) is 4.39 Å². The first-order valence-electron chi connectivity index (χ1n) is 4.48. The Morgan fingerprint density at radius 1 is 1.33 bits per heavy atom. The van der Waals surface area contributed by atoms with Gasteiger partial charge in [0.1, 0.15) is 11.6 Å². The normalized spacial score (nSPS) is 10.3. The maximum absolute atomic E-state index is 12.9. The molecule has 1 aromatic heterocycles. The van der Waals surface area contributed by atoms with E-state index in [0.717, 1.165) is 11.1 Å². The number of halogens is 1. The van der Waals surface area contributed by atoms with Gasteiger partial charge in [-0.1, -0.05) is 0 Å². The van der Waals surface area contributed by atoms with Crippen LogP contribution in [0, 0.1) is 12.7 Å². The summed E-state index contributed by atoms with van der Waals surface area (Å²) in [5, 5.41) is 0. The highest BCUT2D eigenvalue weighted by Crippen LogP contribution is 2.18. The van der Waals surface area contributed by atoms with Crippen molar-refractivity contribution < 1.29 is 4.39 Å². The molecule has 0 radical (unpaired) electrons. The van der Waals surface area contributed by atoms with Crippen LogP contribution in [0.5, 0.6) is 0 Å². The van der Waals surface area contributed by atoms with E-state index in [9.17, 15) is 9.18 Å². The molecule has 0 saturated heterocycles. The van der Waals surface area contributed by atoms with E-state index < -0.39 is 0 Å². The predicted molar refractivity (Wildman–Crippen MR) is 55.0 cm³/mol. The maximum Gasteiger partial charge on any atom is 0.251 e. The summed E-state index contributed by atoms with van der Waals surface area (Å²) in [7, 11) is 0. The van der Waals surface area contributed by atoms with Crippen LogP contribution in [0.2, 0.25) is 0 Å². The summed E-state index contributed by atoms with van der Waals surface area (Å²) < 4.78 is 12.9. The lowest BCUT2D eigenvalue weighted by Crippen LogP contribution is -2.06. The molecule has 0 aliphatic rings. The first-order valence-corrected chi connectivity index (χ1v) is 4.48. The fourth-order valence-corrected chi connectivity index (χ4v) is 1.40. The zero-order chi connectivity index (χ0) is 10.8. The molecule has 0 aliphatic carbocycles. The van der Waals surface area contributed by atoms with E-state index in [0.29, 0.717) is 5.82 Å². The van der Waals surface area contributed by atoms with E-state index in [1.807, 2.05) is 0 Å². The lowest BCUT2D eigenvalue weighted by molar-refractivity contribution is 0.627. The minimum atomic E-state index is -0.297. The van der Waals surface area contributed by atoms with Crippen molar-refractivity contribution in [2.75, 3.05) is 0 Å². The number of hydrogen-bond donors (Lipinski definition) is 1. The third kappa shape index (κ3) is 1.93. The largest absolute Gasteiger partial charge is 0.307 e. The van der Waals surface area contributed by atoms with E-state index in [4.69, 9.17) is 0 Å². The SMILES string of the molecule is Cc1cc(F)ccc1-c1nccc(=O)[nH]1. The van der Waals surface area contributed by atoms with Crippen molar-refractivity contribution in [1.82, 2.24) is 9.97 Å². The van der Waals surface area contributed by atoms with Crippen LogP contribution in [0.1, 0.15) is 5.56 Å². The Morgan fingerprint density at radius 3 is 2.80 bits per heavy atom. The summed E-state index contributed by atoms with van der Waals surface area (Å²) >= 11 is 0. The number of hydrogen-bond acceptors (Lipinski definition) is 2. The Labute approximate surface area is 85.6 Å². The van der Waals surface area contributed by atoms with Crippen molar-refractivity contribution in [3.8, 4) is 11.4 Å². The molecule has 0 saturated carbocycles. The van der Waals surface area contributed by atoms with Crippen molar-refractivity contribution in [3.05, 3.63) is 52.2 Å². The number of benzene rings is 1. The van der Waals surface area contributed by atoms with Gasteiger partial charge in [-0.3, -0.25) is 4.79 Å². The van der Waals surface area contributed by atoms with Gasteiger partial charge in [0.05, 0.1) is 0 Å². The van der Waals surface area contributed by atoms with Crippen molar-refractivity contribution in [2.24, 2.45) is 0 Å². The third-order valence-corrected chi connectivity index (χ3v) is 2.11. The highest BCUT2D eigenvalue weighted by Gasteiger charge is 2.04. The zero-order valence-corrected chi connectivity index (χ0v) is 8.12. The Hall–Kier alpha value is -1.97. The van der Waals surface area contributed by atoms with Crippen LogP contribution in [0.25, 0.3) is 11.4 Å². The molecule has 0 spiro atoms. The molecule has 1 N–H and O–H groups in total. The van der Waals surface area contributed by atoms with Gasteiger partial charge >= 0.3 is 0 Å². The zero-order valence-electron chi connectivity index (χ0n) is 8.12. The standard InChI is InChI=1S/C11H9FN2O/c1-7-6-8(12)2-3-9(7)11-13-5-4-10(15)14-11/h2-6H,1H3,(H,13,14,15). The average molecular weight is 204 g/mol. The molecular weight excluding hydrogens is 195 g/mol. The lowest BCUT2D eigenvalue weighted by atomic mass is 10.1. The van der Waals surface area contributed by atoms with Crippen LogP contribution < -0.4 is 5.56 Å². The number of nitrogens with one attached hydrogen (secondary N) is 1. The number of aromatic nitrogens is 2. The van der Waals surface area contributed by atoms with Crippen molar-refractivity contribution >= 4 is 0 Å². The van der Waals surface area contributed by atoms with Crippen molar-refractivity contribution in [3.63, 3.8) is 0 Å². The molecule has 4 heteroatoms. The van der Waals surface area contributed by atoms with Crippen LogP contribution in [-0.2, 0) is 0 Å². The number of H-pyrrole nitrogens is 1. The maximum atomic E-state index is 12.9. The highest BCUT2D eigenvalue weighted by atomic mass is 19.1. The summed E-state index contributed by atoms with van der Waals surface area (Å²) in [5.41, 5.74) is 1.25. The van der Waals surface area contributed by atoms with Gasteiger partial charge in [0.15, 0.2) is 0 Å². The second-order valence-corrected chi connectivity index (χ2v) is 3.24. The number of aromatic amines is 1. The van der Waals surface area contributed by atoms with Gasteiger partial charge in [0.2, 0.25) is 0 Å². The monoisotopic (exact) mass is 204 g/mol. The third-order valence-electron chi connectivity index (χ3n) is 2.11. The molecule has 15 heavy (non-hydrogen) atoms. The molecule has 0 atom stereocenters. The quantitative estimate of drug-likeness (QED) is 0.770. The number of rotatable bonds is 1. The summed E-state index contributed by atoms with van der Waals surface area (Å²) in [6.45, 7) is 1.77. The van der Waals surface area contributed by atoms with E-state index in [1.54, 1.807) is 13.0 Å². The summed E-state index contributed by atoms with van der Waals surface area (Å²) in [6.07, 6.45) is 1.43. The minimum Gasteiger partial charge on any atom is -0.307 e. The van der Waals surface area contributed by atoms with Gasteiger partial charge < -0.3 is 4.98 Å². The first kappa shape index (κ1) is 9.58. The molecule has 0 unspecified atom stereocenters. The average Bonchev–Trinajstić information content (AvgIpc) is 2.17. The van der Waals surface area contributed by atoms with Gasteiger partial charge in [0.25, 0.3) is 5.56 Å². The molecule has 1 heterocycles. The van der Waals surface area contributed by atoms with Crippen LogP contribution in [-0.4, -0.2) is 9.97 Å². The fourth-order valence-electron chi connectivity index (χ4n) is 1.40. The molecule has 1 aromatic carbocycles. The van der Waals surface area contributed by atoms with Gasteiger partial charge in [0, 0.05) is 17.8 Å². The van der Waals surface area contributed by atoms with Crippen LogP contribution >= 0.6 is 0 Å². The van der Waals surface area contributed by atoms with Gasteiger partial charge in [-0.2, -0.15) is 0 Å².